The van der Waals surface area contributed by atoms with E-state index < -0.39 is 0 Å². The van der Waals surface area contributed by atoms with E-state index in [0.717, 1.165) is 12.2 Å². The van der Waals surface area contributed by atoms with E-state index in [-0.39, 0.29) is 0 Å². The summed E-state index contributed by atoms with van der Waals surface area (Å²) in [5.74, 6) is 0. The smallest absolute Gasteiger partial charge is 0.0372 e. The minimum atomic E-state index is 0.680. The molecule has 1 aromatic heterocycles. The van der Waals surface area contributed by atoms with Crippen LogP contribution in [-0.4, -0.2) is 35.6 Å². The highest BCUT2D eigenvalue weighted by molar-refractivity contribution is 5.12. The van der Waals surface area contributed by atoms with Crippen molar-refractivity contribution in [1.29, 1.82) is 0 Å². The SMILES string of the molecule is CCCN1CCC(NCc2ccc(C)nc2)CC1. The first kappa shape index (κ1) is 13.5. The van der Waals surface area contributed by atoms with Gasteiger partial charge in [-0.05, 0) is 57.5 Å². The van der Waals surface area contributed by atoms with Gasteiger partial charge >= 0.3 is 0 Å². The van der Waals surface area contributed by atoms with Gasteiger partial charge < -0.3 is 10.2 Å². The molecule has 1 saturated heterocycles. The van der Waals surface area contributed by atoms with Crippen molar-refractivity contribution in [1.82, 2.24) is 15.2 Å². The van der Waals surface area contributed by atoms with E-state index >= 15 is 0 Å². The minimum Gasteiger partial charge on any atom is -0.310 e. The van der Waals surface area contributed by atoms with Gasteiger partial charge in [-0.25, -0.2) is 0 Å². The Bertz CT molecular complexity index is 339. The highest BCUT2D eigenvalue weighted by atomic mass is 15.1. The molecule has 0 spiro atoms. The van der Waals surface area contributed by atoms with Crippen molar-refractivity contribution in [2.45, 2.75) is 45.7 Å². The molecule has 0 amide bonds. The fourth-order valence-corrected chi connectivity index (χ4v) is 2.54. The number of likely N-dealkylation sites (tertiary alicyclic amines) is 1. The van der Waals surface area contributed by atoms with E-state index in [4.69, 9.17) is 0 Å². The first-order chi connectivity index (χ1) is 8.78. The summed E-state index contributed by atoms with van der Waals surface area (Å²) in [7, 11) is 0. The molecule has 1 N–H and O–H groups in total. The van der Waals surface area contributed by atoms with Gasteiger partial charge in [0.1, 0.15) is 0 Å². The number of pyridine rings is 1. The third-order valence-corrected chi connectivity index (χ3v) is 3.69. The van der Waals surface area contributed by atoms with Crippen LogP contribution >= 0.6 is 0 Å². The summed E-state index contributed by atoms with van der Waals surface area (Å²) in [6, 6.07) is 4.93. The first-order valence-corrected chi connectivity index (χ1v) is 7.15. The van der Waals surface area contributed by atoms with Crippen molar-refractivity contribution in [3.8, 4) is 0 Å². The Hall–Kier alpha value is -0.930. The molecule has 0 aromatic carbocycles. The Labute approximate surface area is 111 Å². The maximum absolute atomic E-state index is 4.33. The third kappa shape index (κ3) is 4.07. The average Bonchev–Trinajstić information content (AvgIpc) is 2.40. The van der Waals surface area contributed by atoms with Crippen molar-refractivity contribution >= 4 is 0 Å². The summed E-state index contributed by atoms with van der Waals surface area (Å²) < 4.78 is 0. The first-order valence-electron chi connectivity index (χ1n) is 7.15. The normalized spacial score (nSPS) is 18.1. The lowest BCUT2D eigenvalue weighted by Crippen LogP contribution is -2.42. The lowest BCUT2D eigenvalue weighted by molar-refractivity contribution is 0.197. The van der Waals surface area contributed by atoms with Crippen LogP contribution in [0.1, 0.15) is 37.4 Å². The average molecular weight is 247 g/mol. The van der Waals surface area contributed by atoms with Crippen molar-refractivity contribution in [3.05, 3.63) is 29.6 Å². The van der Waals surface area contributed by atoms with E-state index in [1.807, 2.05) is 13.1 Å². The van der Waals surface area contributed by atoms with Gasteiger partial charge in [0.05, 0.1) is 0 Å². The molecule has 0 unspecified atom stereocenters. The number of rotatable bonds is 5. The largest absolute Gasteiger partial charge is 0.310 e. The molecule has 0 saturated carbocycles. The topological polar surface area (TPSA) is 28.2 Å². The Morgan fingerprint density at radius 3 is 2.72 bits per heavy atom. The molecule has 1 fully saturated rings. The molecule has 1 aliphatic heterocycles. The Balaban J connectivity index is 1.70. The Morgan fingerprint density at radius 2 is 2.11 bits per heavy atom. The maximum Gasteiger partial charge on any atom is 0.0372 e. The molecule has 1 aromatic rings. The zero-order valence-electron chi connectivity index (χ0n) is 11.7. The van der Waals surface area contributed by atoms with Gasteiger partial charge in [0, 0.05) is 24.5 Å². The van der Waals surface area contributed by atoms with Crippen LogP contribution in [0.25, 0.3) is 0 Å². The van der Waals surface area contributed by atoms with Gasteiger partial charge in [-0.3, -0.25) is 4.98 Å². The van der Waals surface area contributed by atoms with Crippen molar-refractivity contribution in [2.24, 2.45) is 0 Å². The van der Waals surface area contributed by atoms with Crippen molar-refractivity contribution in [2.75, 3.05) is 19.6 Å². The van der Waals surface area contributed by atoms with Crippen LogP contribution in [0.2, 0.25) is 0 Å². The van der Waals surface area contributed by atoms with E-state index in [1.54, 1.807) is 0 Å². The highest BCUT2D eigenvalue weighted by Gasteiger charge is 2.17. The van der Waals surface area contributed by atoms with Gasteiger partial charge in [0.15, 0.2) is 0 Å². The second-order valence-corrected chi connectivity index (χ2v) is 5.30. The summed E-state index contributed by atoms with van der Waals surface area (Å²) in [6.07, 6.45) is 5.81. The molecule has 0 radical (unpaired) electrons. The lowest BCUT2D eigenvalue weighted by Gasteiger charge is -2.32. The third-order valence-electron chi connectivity index (χ3n) is 3.69. The summed E-state index contributed by atoms with van der Waals surface area (Å²) in [5.41, 5.74) is 2.38. The van der Waals surface area contributed by atoms with Crippen LogP contribution in [-0.2, 0) is 6.54 Å². The monoisotopic (exact) mass is 247 g/mol. The second kappa shape index (κ2) is 6.86. The minimum absolute atomic E-state index is 0.680. The summed E-state index contributed by atoms with van der Waals surface area (Å²) in [4.78, 5) is 6.91. The molecule has 0 atom stereocenters. The summed E-state index contributed by atoms with van der Waals surface area (Å²) >= 11 is 0. The van der Waals surface area contributed by atoms with E-state index in [1.165, 1.54) is 44.5 Å². The summed E-state index contributed by atoms with van der Waals surface area (Å²) in [6.45, 7) is 8.99. The number of nitrogens with one attached hydrogen (secondary N) is 1. The predicted octanol–water partition coefficient (Wildman–Crippen LogP) is 2.35. The fourth-order valence-electron chi connectivity index (χ4n) is 2.54. The predicted molar refractivity (Wildman–Crippen MR) is 75.6 cm³/mol. The zero-order valence-corrected chi connectivity index (χ0v) is 11.7. The van der Waals surface area contributed by atoms with Crippen LogP contribution in [0.3, 0.4) is 0 Å². The highest BCUT2D eigenvalue weighted by Crippen LogP contribution is 2.11. The van der Waals surface area contributed by atoms with E-state index in [2.05, 4.69) is 34.3 Å². The quantitative estimate of drug-likeness (QED) is 0.865. The molecule has 3 heteroatoms. The zero-order chi connectivity index (χ0) is 12.8. The number of aromatic nitrogens is 1. The van der Waals surface area contributed by atoms with Crippen LogP contribution in [0, 0.1) is 6.92 Å². The molecule has 2 heterocycles. The number of nitrogens with zero attached hydrogens (tertiary/aromatic N) is 2. The van der Waals surface area contributed by atoms with Gasteiger partial charge in [-0.1, -0.05) is 13.0 Å². The number of piperidine rings is 1. The van der Waals surface area contributed by atoms with Crippen LogP contribution < -0.4 is 5.32 Å². The molecule has 0 bridgehead atoms. The van der Waals surface area contributed by atoms with Crippen molar-refractivity contribution < 1.29 is 0 Å². The molecule has 100 valence electrons. The number of hydrogen-bond acceptors (Lipinski definition) is 3. The second-order valence-electron chi connectivity index (χ2n) is 5.30. The summed E-state index contributed by atoms with van der Waals surface area (Å²) in [5, 5.41) is 3.65. The standard InChI is InChI=1S/C15H25N3/c1-3-8-18-9-6-15(7-10-18)17-12-14-5-4-13(2)16-11-14/h4-5,11,15,17H,3,6-10,12H2,1-2H3. The van der Waals surface area contributed by atoms with Gasteiger partial charge in [0.2, 0.25) is 0 Å². The number of aryl methyl sites for hydroxylation is 1. The lowest BCUT2D eigenvalue weighted by atomic mass is 10.0. The molecule has 3 nitrogen and oxygen atoms in total. The van der Waals surface area contributed by atoms with E-state index in [9.17, 15) is 0 Å². The Kier molecular flexibility index (Phi) is 5.14. The molecular weight excluding hydrogens is 222 g/mol. The molecule has 2 rings (SSSR count). The number of hydrogen-bond donors (Lipinski definition) is 1. The van der Waals surface area contributed by atoms with Gasteiger partial charge in [-0.15, -0.1) is 0 Å². The van der Waals surface area contributed by atoms with E-state index in [0.29, 0.717) is 6.04 Å². The van der Waals surface area contributed by atoms with Gasteiger partial charge in [0.25, 0.3) is 0 Å². The fraction of sp³-hybridized carbons (Fsp3) is 0.667. The van der Waals surface area contributed by atoms with Gasteiger partial charge in [-0.2, -0.15) is 0 Å². The molecule has 1 aliphatic rings. The molecule has 0 aliphatic carbocycles. The van der Waals surface area contributed by atoms with Crippen LogP contribution in [0.5, 0.6) is 0 Å². The molecule has 18 heavy (non-hydrogen) atoms. The van der Waals surface area contributed by atoms with Crippen LogP contribution in [0.4, 0.5) is 0 Å². The molecular formula is C15H25N3. The Morgan fingerprint density at radius 1 is 1.33 bits per heavy atom. The van der Waals surface area contributed by atoms with Crippen molar-refractivity contribution in [3.63, 3.8) is 0 Å². The maximum atomic E-state index is 4.33. The van der Waals surface area contributed by atoms with Crippen LogP contribution in [0.15, 0.2) is 18.3 Å².